The number of benzene rings is 1. The maximum Gasteiger partial charge on any atom is 0.287 e. The van der Waals surface area contributed by atoms with Crippen LogP contribution in [0.25, 0.3) is 0 Å². The summed E-state index contributed by atoms with van der Waals surface area (Å²) in [6.45, 7) is 1.98. The lowest BCUT2D eigenvalue weighted by Crippen LogP contribution is -2.45. The molecule has 0 spiro atoms. The summed E-state index contributed by atoms with van der Waals surface area (Å²) in [7, 11) is 1.65. The molecule has 122 valence electrons. The van der Waals surface area contributed by atoms with Gasteiger partial charge in [-0.05, 0) is 36.8 Å². The van der Waals surface area contributed by atoms with E-state index in [1.807, 2.05) is 0 Å². The van der Waals surface area contributed by atoms with Crippen LogP contribution in [-0.2, 0) is 11.3 Å². The van der Waals surface area contributed by atoms with E-state index in [0.717, 1.165) is 5.56 Å². The average molecular weight is 355 g/mol. The van der Waals surface area contributed by atoms with Crippen LogP contribution in [0.1, 0.15) is 23.0 Å². The first kappa shape index (κ1) is 17.4. The van der Waals surface area contributed by atoms with E-state index in [0.29, 0.717) is 16.6 Å². The van der Waals surface area contributed by atoms with Gasteiger partial charge in [0.2, 0.25) is 5.91 Å². The van der Waals surface area contributed by atoms with Crippen LogP contribution in [0, 0.1) is 0 Å². The highest BCUT2D eigenvalue weighted by Crippen LogP contribution is 2.23. The summed E-state index contributed by atoms with van der Waals surface area (Å²) in [4.78, 5) is 25.7. The van der Waals surface area contributed by atoms with E-state index in [1.54, 1.807) is 38.2 Å². The molecule has 1 N–H and O–H groups in total. The molecule has 0 aliphatic heterocycles. The van der Waals surface area contributed by atoms with E-state index in [2.05, 4.69) is 5.32 Å². The van der Waals surface area contributed by atoms with Crippen LogP contribution in [0.5, 0.6) is 0 Å². The molecule has 0 fully saturated rings. The highest BCUT2D eigenvalue weighted by Gasteiger charge is 2.21. The van der Waals surface area contributed by atoms with Crippen molar-refractivity contribution in [3.8, 4) is 0 Å². The number of carbonyl (C=O) groups excluding carboxylic acids is 2. The van der Waals surface area contributed by atoms with Gasteiger partial charge >= 0.3 is 0 Å². The third-order valence-electron chi connectivity index (χ3n) is 3.24. The number of nitrogens with one attached hydrogen (secondary N) is 1. The monoisotopic (exact) mass is 354 g/mol. The number of halogens is 2. The zero-order chi connectivity index (χ0) is 17.0. The Morgan fingerprint density at radius 1 is 1.26 bits per heavy atom. The van der Waals surface area contributed by atoms with Crippen molar-refractivity contribution in [1.82, 2.24) is 10.2 Å². The van der Waals surface area contributed by atoms with Crippen LogP contribution in [0.4, 0.5) is 0 Å². The predicted molar refractivity (Wildman–Crippen MR) is 88.6 cm³/mol. The van der Waals surface area contributed by atoms with Crippen LogP contribution in [0.3, 0.4) is 0 Å². The predicted octanol–water partition coefficient (Wildman–Crippen LogP) is 3.36. The lowest BCUT2D eigenvalue weighted by atomic mass is 10.2. The molecule has 0 aliphatic carbocycles. The van der Waals surface area contributed by atoms with Crippen molar-refractivity contribution >= 4 is 35.0 Å². The van der Waals surface area contributed by atoms with Gasteiger partial charge in [0.05, 0.1) is 16.3 Å². The summed E-state index contributed by atoms with van der Waals surface area (Å²) in [5, 5.41) is 3.49. The Hall–Kier alpha value is -1.98. The van der Waals surface area contributed by atoms with Crippen molar-refractivity contribution in [3.05, 3.63) is 58.0 Å². The Kier molecular flexibility index (Phi) is 5.69. The van der Waals surface area contributed by atoms with Gasteiger partial charge in [0.15, 0.2) is 5.76 Å². The Labute approximate surface area is 144 Å². The molecule has 23 heavy (non-hydrogen) atoms. The fourth-order valence-electron chi connectivity index (χ4n) is 2.06. The topological polar surface area (TPSA) is 62.6 Å². The molecule has 7 heteroatoms. The van der Waals surface area contributed by atoms with Crippen molar-refractivity contribution in [3.63, 3.8) is 0 Å². The summed E-state index contributed by atoms with van der Waals surface area (Å²) in [5.41, 5.74) is 0.847. The van der Waals surface area contributed by atoms with Gasteiger partial charge in [-0.3, -0.25) is 9.59 Å². The number of carbonyl (C=O) groups is 2. The smallest absolute Gasteiger partial charge is 0.287 e. The van der Waals surface area contributed by atoms with Crippen LogP contribution < -0.4 is 5.32 Å². The van der Waals surface area contributed by atoms with Gasteiger partial charge in [-0.25, -0.2) is 0 Å². The summed E-state index contributed by atoms with van der Waals surface area (Å²) in [6, 6.07) is 7.65. The van der Waals surface area contributed by atoms with Crippen molar-refractivity contribution in [2.45, 2.75) is 19.5 Å². The van der Waals surface area contributed by atoms with Crippen molar-refractivity contribution in [2.24, 2.45) is 0 Å². The number of hydrogen-bond donors (Lipinski definition) is 1. The molecule has 1 heterocycles. The van der Waals surface area contributed by atoms with E-state index in [4.69, 9.17) is 27.6 Å². The van der Waals surface area contributed by atoms with E-state index in [1.165, 1.54) is 17.2 Å². The summed E-state index contributed by atoms with van der Waals surface area (Å²) >= 11 is 11.8. The second-order valence-electron chi connectivity index (χ2n) is 5.12. The minimum atomic E-state index is -0.680. The maximum atomic E-state index is 12.3. The summed E-state index contributed by atoms with van der Waals surface area (Å²) in [6.07, 6.45) is 1.40. The Morgan fingerprint density at radius 2 is 2.00 bits per heavy atom. The first-order valence-corrected chi connectivity index (χ1v) is 7.67. The molecule has 0 saturated heterocycles. The zero-order valence-electron chi connectivity index (χ0n) is 12.7. The number of rotatable bonds is 5. The molecule has 5 nitrogen and oxygen atoms in total. The zero-order valence-corrected chi connectivity index (χ0v) is 14.2. The average Bonchev–Trinajstić information content (AvgIpc) is 3.04. The van der Waals surface area contributed by atoms with Gasteiger partial charge in [-0.2, -0.15) is 0 Å². The summed E-state index contributed by atoms with van der Waals surface area (Å²) < 4.78 is 4.99. The second kappa shape index (κ2) is 7.53. The number of furan rings is 1. The minimum Gasteiger partial charge on any atom is -0.459 e. The van der Waals surface area contributed by atoms with Crippen LogP contribution >= 0.6 is 23.2 Å². The third-order valence-corrected chi connectivity index (χ3v) is 3.98. The normalized spacial score (nSPS) is 11.8. The summed E-state index contributed by atoms with van der Waals surface area (Å²) in [5.74, 6) is -0.494. The second-order valence-corrected chi connectivity index (χ2v) is 5.93. The van der Waals surface area contributed by atoms with Gasteiger partial charge in [0.25, 0.3) is 5.91 Å². The lowest BCUT2D eigenvalue weighted by molar-refractivity contribution is -0.132. The number of likely N-dealkylation sites (N-methyl/N-ethyl adjacent to an activating group) is 1. The van der Waals surface area contributed by atoms with Gasteiger partial charge in [-0.1, -0.05) is 29.3 Å². The molecular weight excluding hydrogens is 339 g/mol. The van der Waals surface area contributed by atoms with Gasteiger partial charge in [0, 0.05) is 13.6 Å². The van der Waals surface area contributed by atoms with Crippen LogP contribution in [-0.4, -0.2) is 29.8 Å². The first-order chi connectivity index (χ1) is 10.9. The van der Waals surface area contributed by atoms with E-state index < -0.39 is 11.9 Å². The SMILES string of the molecule is C[C@H](NC(=O)c1ccco1)C(=O)N(C)Cc1ccc(Cl)c(Cl)c1. The molecule has 1 atom stereocenters. The molecule has 1 aromatic carbocycles. The first-order valence-electron chi connectivity index (χ1n) is 6.91. The third kappa shape index (κ3) is 4.50. The molecule has 2 aromatic rings. The van der Waals surface area contributed by atoms with E-state index >= 15 is 0 Å². The highest BCUT2D eigenvalue weighted by molar-refractivity contribution is 6.42. The standard InChI is InChI=1S/C16H16Cl2N2O3/c1-10(19-15(21)14-4-3-7-23-14)16(22)20(2)9-11-5-6-12(17)13(18)8-11/h3-8,10H,9H2,1-2H3,(H,19,21)/t10-/m0/s1. The quantitative estimate of drug-likeness (QED) is 0.895. The molecule has 2 amide bonds. The lowest BCUT2D eigenvalue weighted by Gasteiger charge is -2.22. The Morgan fingerprint density at radius 3 is 2.61 bits per heavy atom. The fraction of sp³-hybridized carbons (Fsp3) is 0.250. The molecule has 0 saturated carbocycles. The van der Waals surface area contributed by atoms with E-state index in [9.17, 15) is 9.59 Å². The minimum absolute atomic E-state index is 0.164. The fourth-order valence-corrected chi connectivity index (χ4v) is 2.38. The number of amides is 2. The van der Waals surface area contributed by atoms with Gasteiger partial charge in [-0.15, -0.1) is 0 Å². The van der Waals surface area contributed by atoms with Crippen LogP contribution in [0.15, 0.2) is 41.0 Å². The van der Waals surface area contributed by atoms with Gasteiger partial charge in [0.1, 0.15) is 6.04 Å². The molecular formula is C16H16Cl2N2O3. The van der Waals surface area contributed by atoms with Crippen molar-refractivity contribution in [1.29, 1.82) is 0 Å². The molecule has 0 unspecified atom stereocenters. The van der Waals surface area contributed by atoms with Crippen LogP contribution in [0.2, 0.25) is 10.0 Å². The maximum absolute atomic E-state index is 12.3. The van der Waals surface area contributed by atoms with E-state index in [-0.39, 0.29) is 11.7 Å². The van der Waals surface area contributed by atoms with Gasteiger partial charge < -0.3 is 14.6 Å². The van der Waals surface area contributed by atoms with Crippen molar-refractivity contribution < 1.29 is 14.0 Å². The number of nitrogens with zero attached hydrogens (tertiary/aromatic N) is 1. The molecule has 2 rings (SSSR count). The Balaban J connectivity index is 1.95. The highest BCUT2D eigenvalue weighted by atomic mass is 35.5. The molecule has 1 aromatic heterocycles. The van der Waals surface area contributed by atoms with Crippen molar-refractivity contribution in [2.75, 3.05) is 7.05 Å². The Bertz CT molecular complexity index is 701. The molecule has 0 radical (unpaired) electrons. The molecule has 0 aliphatic rings. The largest absolute Gasteiger partial charge is 0.459 e. The molecule has 0 bridgehead atoms. The number of hydrogen-bond acceptors (Lipinski definition) is 3.